The first kappa shape index (κ1) is 23.3. The third-order valence-electron chi connectivity index (χ3n) is 3.65. The number of ether oxygens (including phenoxy) is 3. The van der Waals surface area contributed by atoms with Crippen molar-refractivity contribution in [3.63, 3.8) is 0 Å². The normalized spacial score (nSPS) is 11.5. The fourth-order valence-corrected chi connectivity index (χ4v) is 2.36. The van der Waals surface area contributed by atoms with Gasteiger partial charge in [0.05, 0.1) is 26.9 Å². The minimum absolute atomic E-state index is 0. The van der Waals surface area contributed by atoms with Gasteiger partial charge in [-0.25, -0.2) is 0 Å². The summed E-state index contributed by atoms with van der Waals surface area (Å²) in [6.07, 6.45) is 1.42. The van der Waals surface area contributed by atoms with Crippen LogP contribution in [-0.4, -0.2) is 51.3 Å². The highest BCUT2D eigenvalue weighted by atomic mass is 35.5. The summed E-state index contributed by atoms with van der Waals surface area (Å²) in [5, 5.41) is 0. The van der Waals surface area contributed by atoms with Crippen LogP contribution in [0, 0.1) is 5.92 Å². The molecule has 2 N–H and O–H groups in total. The summed E-state index contributed by atoms with van der Waals surface area (Å²) in [7, 11) is 4.97. The molecule has 144 valence electrons. The Labute approximate surface area is 157 Å². The first-order valence-corrected chi connectivity index (χ1v) is 8.23. The van der Waals surface area contributed by atoms with Crippen LogP contribution in [0.1, 0.15) is 26.7 Å². The van der Waals surface area contributed by atoms with Gasteiger partial charge in [-0.3, -0.25) is 4.79 Å². The van der Waals surface area contributed by atoms with Crippen molar-refractivity contribution in [1.29, 1.82) is 0 Å². The molecule has 1 rings (SSSR count). The van der Waals surface area contributed by atoms with Crippen molar-refractivity contribution in [2.24, 2.45) is 11.7 Å². The van der Waals surface area contributed by atoms with Crippen molar-refractivity contribution >= 4 is 18.3 Å². The molecule has 0 spiro atoms. The van der Waals surface area contributed by atoms with Crippen LogP contribution in [0.2, 0.25) is 0 Å². The molecule has 0 heterocycles. The zero-order chi connectivity index (χ0) is 18.1. The SMILES string of the molecule is COc1cc(OC)cc(OCCCN(C)C(=O)[C@@H](N)CC(C)C)c1.Cl. The van der Waals surface area contributed by atoms with Crippen LogP contribution < -0.4 is 19.9 Å². The summed E-state index contributed by atoms with van der Waals surface area (Å²) in [4.78, 5) is 13.8. The molecule has 0 fully saturated rings. The van der Waals surface area contributed by atoms with E-state index in [2.05, 4.69) is 13.8 Å². The van der Waals surface area contributed by atoms with E-state index in [0.29, 0.717) is 42.7 Å². The standard InChI is InChI=1S/C18H30N2O4.ClH/c1-13(2)9-17(19)18(21)20(3)7-6-8-24-16-11-14(22-4)10-15(12-16)23-5;/h10-13,17H,6-9,19H2,1-5H3;1H/t17-;/m0./s1. The van der Waals surface area contributed by atoms with E-state index in [1.807, 2.05) is 0 Å². The lowest BCUT2D eigenvalue weighted by atomic mass is 10.0. The van der Waals surface area contributed by atoms with E-state index in [-0.39, 0.29) is 18.3 Å². The highest BCUT2D eigenvalue weighted by Gasteiger charge is 2.18. The number of hydrogen-bond acceptors (Lipinski definition) is 5. The third kappa shape index (κ3) is 8.31. The van der Waals surface area contributed by atoms with Gasteiger partial charge >= 0.3 is 0 Å². The molecule has 0 bridgehead atoms. The molecular weight excluding hydrogens is 344 g/mol. The Morgan fingerprint density at radius 1 is 1.12 bits per heavy atom. The number of halogens is 1. The topological polar surface area (TPSA) is 74.0 Å². The van der Waals surface area contributed by atoms with Crippen LogP contribution in [0.3, 0.4) is 0 Å². The van der Waals surface area contributed by atoms with Gasteiger partial charge in [-0.1, -0.05) is 13.8 Å². The Morgan fingerprint density at radius 3 is 2.12 bits per heavy atom. The molecule has 7 heteroatoms. The minimum atomic E-state index is -0.432. The van der Waals surface area contributed by atoms with Crippen molar-refractivity contribution in [3.05, 3.63) is 18.2 Å². The van der Waals surface area contributed by atoms with E-state index in [1.165, 1.54) is 0 Å². The second-order valence-corrected chi connectivity index (χ2v) is 6.25. The number of amides is 1. The molecule has 0 saturated carbocycles. The van der Waals surface area contributed by atoms with Crippen molar-refractivity contribution in [3.8, 4) is 17.2 Å². The number of nitrogens with zero attached hydrogens (tertiary/aromatic N) is 1. The van der Waals surface area contributed by atoms with E-state index < -0.39 is 6.04 Å². The summed E-state index contributed by atoms with van der Waals surface area (Å²) in [6.45, 7) is 5.21. The largest absolute Gasteiger partial charge is 0.496 e. The van der Waals surface area contributed by atoms with Gasteiger partial charge in [-0.2, -0.15) is 0 Å². The van der Waals surface area contributed by atoms with Gasteiger partial charge < -0.3 is 24.8 Å². The van der Waals surface area contributed by atoms with E-state index in [4.69, 9.17) is 19.9 Å². The maximum Gasteiger partial charge on any atom is 0.239 e. The third-order valence-corrected chi connectivity index (χ3v) is 3.65. The van der Waals surface area contributed by atoms with Crippen LogP contribution in [0.25, 0.3) is 0 Å². The zero-order valence-corrected chi connectivity index (χ0v) is 16.6. The van der Waals surface area contributed by atoms with Gasteiger partial charge in [-0.15, -0.1) is 12.4 Å². The van der Waals surface area contributed by atoms with Crippen LogP contribution >= 0.6 is 12.4 Å². The van der Waals surface area contributed by atoms with Crippen molar-refractivity contribution < 1.29 is 19.0 Å². The average molecular weight is 375 g/mol. The maximum atomic E-state index is 12.1. The lowest BCUT2D eigenvalue weighted by molar-refractivity contribution is -0.131. The molecule has 0 unspecified atom stereocenters. The highest BCUT2D eigenvalue weighted by molar-refractivity contribution is 5.85. The molecule has 1 aromatic carbocycles. The van der Waals surface area contributed by atoms with E-state index >= 15 is 0 Å². The number of carbonyl (C=O) groups is 1. The first-order chi connectivity index (χ1) is 11.4. The van der Waals surface area contributed by atoms with Gasteiger partial charge in [0, 0.05) is 31.8 Å². The number of hydrogen-bond donors (Lipinski definition) is 1. The molecule has 0 radical (unpaired) electrons. The number of carbonyl (C=O) groups excluding carboxylic acids is 1. The molecule has 0 saturated heterocycles. The second-order valence-electron chi connectivity index (χ2n) is 6.25. The van der Waals surface area contributed by atoms with Gasteiger partial charge in [0.1, 0.15) is 17.2 Å². The fourth-order valence-electron chi connectivity index (χ4n) is 2.36. The molecule has 25 heavy (non-hydrogen) atoms. The van der Waals surface area contributed by atoms with Crippen LogP contribution in [0.4, 0.5) is 0 Å². The van der Waals surface area contributed by atoms with Gasteiger partial charge in [-0.05, 0) is 18.8 Å². The number of methoxy groups -OCH3 is 2. The van der Waals surface area contributed by atoms with E-state index in [9.17, 15) is 4.79 Å². The van der Waals surface area contributed by atoms with Crippen LogP contribution in [0.5, 0.6) is 17.2 Å². The van der Waals surface area contributed by atoms with Gasteiger partial charge in [0.2, 0.25) is 5.91 Å². The Kier molecular flexibility index (Phi) is 11.0. The molecule has 1 amide bonds. The minimum Gasteiger partial charge on any atom is -0.496 e. The van der Waals surface area contributed by atoms with Gasteiger partial charge in [0.15, 0.2) is 0 Å². The van der Waals surface area contributed by atoms with Crippen LogP contribution in [0.15, 0.2) is 18.2 Å². The molecular formula is C18H31ClN2O4. The summed E-state index contributed by atoms with van der Waals surface area (Å²) >= 11 is 0. The Morgan fingerprint density at radius 2 is 1.64 bits per heavy atom. The number of likely N-dealkylation sites (N-methyl/N-ethyl adjacent to an activating group) is 1. The predicted molar refractivity (Wildman–Crippen MR) is 102 cm³/mol. The van der Waals surface area contributed by atoms with E-state index in [1.54, 1.807) is 44.4 Å². The molecule has 0 aromatic heterocycles. The maximum absolute atomic E-state index is 12.1. The van der Waals surface area contributed by atoms with Crippen molar-refractivity contribution in [2.75, 3.05) is 34.4 Å². The molecule has 1 aromatic rings. The lowest BCUT2D eigenvalue weighted by Crippen LogP contribution is -2.43. The second kappa shape index (κ2) is 11.8. The summed E-state index contributed by atoms with van der Waals surface area (Å²) in [5.74, 6) is 2.42. The monoisotopic (exact) mass is 374 g/mol. The fraction of sp³-hybridized carbons (Fsp3) is 0.611. The molecule has 0 aliphatic carbocycles. The number of nitrogens with two attached hydrogens (primary N) is 1. The van der Waals surface area contributed by atoms with Gasteiger partial charge in [0.25, 0.3) is 0 Å². The molecule has 1 atom stereocenters. The summed E-state index contributed by atoms with van der Waals surface area (Å²) < 4.78 is 16.1. The Balaban J connectivity index is 0.00000576. The van der Waals surface area contributed by atoms with Crippen LogP contribution in [-0.2, 0) is 4.79 Å². The first-order valence-electron chi connectivity index (χ1n) is 8.23. The predicted octanol–water partition coefficient (Wildman–Crippen LogP) is 2.73. The molecule has 6 nitrogen and oxygen atoms in total. The zero-order valence-electron chi connectivity index (χ0n) is 15.8. The number of benzene rings is 1. The molecule has 0 aliphatic heterocycles. The summed E-state index contributed by atoms with van der Waals surface area (Å²) in [6, 6.07) is 4.96. The summed E-state index contributed by atoms with van der Waals surface area (Å²) in [5.41, 5.74) is 5.93. The average Bonchev–Trinajstić information content (AvgIpc) is 2.56. The highest BCUT2D eigenvalue weighted by Crippen LogP contribution is 2.27. The molecule has 0 aliphatic rings. The Hall–Kier alpha value is -1.66. The smallest absolute Gasteiger partial charge is 0.239 e. The lowest BCUT2D eigenvalue weighted by Gasteiger charge is -2.22. The quantitative estimate of drug-likeness (QED) is 0.637. The number of rotatable bonds is 10. The van der Waals surface area contributed by atoms with Crippen molar-refractivity contribution in [1.82, 2.24) is 4.90 Å². The van der Waals surface area contributed by atoms with E-state index in [0.717, 1.165) is 6.42 Å². The Bertz CT molecular complexity index is 504. The van der Waals surface area contributed by atoms with Crippen molar-refractivity contribution in [2.45, 2.75) is 32.7 Å².